The van der Waals surface area contributed by atoms with Crippen LogP contribution in [-0.4, -0.2) is 0 Å². The number of hydrogen-bond acceptors (Lipinski definition) is 2. The average Bonchev–Trinajstić information content (AvgIpc) is 2.50. The topological polar surface area (TPSA) is 26.0 Å². The predicted molar refractivity (Wildman–Crippen MR) is 51.4 cm³/mol. The molecule has 0 amide bonds. The standard InChI is InChI=1S/C10H13NS/c11-10(4-5-10)9-6-7-2-1-3-8(7)12-9/h6H,1-5,11H2. The molecule has 1 aromatic rings. The minimum Gasteiger partial charge on any atom is -0.321 e. The Kier molecular flexibility index (Phi) is 1.25. The second-order valence-corrected chi connectivity index (χ2v) is 5.21. The van der Waals surface area contributed by atoms with E-state index in [0.29, 0.717) is 0 Å². The van der Waals surface area contributed by atoms with Gasteiger partial charge in [-0.15, -0.1) is 11.3 Å². The molecule has 2 heteroatoms. The van der Waals surface area contributed by atoms with E-state index in [1.807, 2.05) is 11.3 Å². The van der Waals surface area contributed by atoms with Gasteiger partial charge in [0.2, 0.25) is 0 Å². The maximum atomic E-state index is 6.14. The molecule has 12 heavy (non-hydrogen) atoms. The summed E-state index contributed by atoms with van der Waals surface area (Å²) in [6.45, 7) is 0. The Morgan fingerprint density at radius 2 is 2.17 bits per heavy atom. The van der Waals surface area contributed by atoms with Gasteiger partial charge in [-0.1, -0.05) is 0 Å². The molecular formula is C10H13NS. The van der Waals surface area contributed by atoms with E-state index in [1.165, 1.54) is 37.0 Å². The van der Waals surface area contributed by atoms with Gasteiger partial charge in [-0.2, -0.15) is 0 Å². The smallest absolute Gasteiger partial charge is 0.0505 e. The van der Waals surface area contributed by atoms with Crippen LogP contribution < -0.4 is 5.73 Å². The van der Waals surface area contributed by atoms with Crippen LogP contribution in [0.5, 0.6) is 0 Å². The van der Waals surface area contributed by atoms with Gasteiger partial charge >= 0.3 is 0 Å². The first kappa shape index (κ1) is 7.10. The van der Waals surface area contributed by atoms with Gasteiger partial charge in [0, 0.05) is 9.75 Å². The highest BCUT2D eigenvalue weighted by Gasteiger charge is 2.42. The largest absolute Gasteiger partial charge is 0.321 e. The molecule has 0 aromatic carbocycles. The van der Waals surface area contributed by atoms with Gasteiger partial charge < -0.3 is 5.73 Å². The van der Waals surface area contributed by atoms with E-state index in [9.17, 15) is 0 Å². The molecule has 0 unspecified atom stereocenters. The van der Waals surface area contributed by atoms with Crippen LogP contribution in [0.1, 0.15) is 34.6 Å². The fourth-order valence-electron chi connectivity index (χ4n) is 1.96. The Bertz CT molecular complexity index is 301. The summed E-state index contributed by atoms with van der Waals surface area (Å²) < 4.78 is 0. The maximum Gasteiger partial charge on any atom is 0.0505 e. The summed E-state index contributed by atoms with van der Waals surface area (Å²) in [4.78, 5) is 3.06. The van der Waals surface area contributed by atoms with E-state index in [1.54, 1.807) is 10.4 Å². The van der Waals surface area contributed by atoms with Crippen LogP contribution in [0.15, 0.2) is 6.07 Å². The van der Waals surface area contributed by atoms with Crippen LogP contribution >= 0.6 is 11.3 Å². The van der Waals surface area contributed by atoms with Crippen LogP contribution in [0.2, 0.25) is 0 Å². The Morgan fingerprint density at radius 3 is 2.83 bits per heavy atom. The van der Waals surface area contributed by atoms with Crippen molar-refractivity contribution in [3.05, 3.63) is 21.4 Å². The van der Waals surface area contributed by atoms with Crippen molar-refractivity contribution in [3.63, 3.8) is 0 Å². The fourth-order valence-corrected chi connectivity index (χ4v) is 3.37. The zero-order valence-electron chi connectivity index (χ0n) is 7.10. The number of thiophene rings is 1. The molecule has 1 aromatic heterocycles. The zero-order chi connectivity index (χ0) is 8.18. The predicted octanol–water partition coefficient (Wildman–Crippen LogP) is 2.18. The molecule has 1 saturated carbocycles. The highest BCUT2D eigenvalue weighted by atomic mass is 32.1. The molecule has 0 bridgehead atoms. The maximum absolute atomic E-state index is 6.14. The number of aryl methyl sites for hydroxylation is 2. The first-order chi connectivity index (χ1) is 5.78. The molecule has 1 heterocycles. The summed E-state index contributed by atoms with van der Waals surface area (Å²) in [6.07, 6.45) is 6.36. The van der Waals surface area contributed by atoms with E-state index in [2.05, 4.69) is 6.07 Å². The third-order valence-electron chi connectivity index (χ3n) is 3.03. The normalized spacial score (nSPS) is 24.1. The third kappa shape index (κ3) is 0.882. The molecule has 2 aliphatic carbocycles. The van der Waals surface area contributed by atoms with E-state index in [4.69, 9.17) is 5.73 Å². The number of hydrogen-bond donors (Lipinski definition) is 1. The van der Waals surface area contributed by atoms with Crippen molar-refractivity contribution < 1.29 is 0 Å². The minimum atomic E-state index is 0.106. The summed E-state index contributed by atoms with van der Waals surface area (Å²) in [5.41, 5.74) is 7.84. The summed E-state index contributed by atoms with van der Waals surface area (Å²) >= 11 is 1.97. The van der Waals surface area contributed by atoms with Gasteiger partial charge in [-0.25, -0.2) is 0 Å². The summed E-state index contributed by atoms with van der Waals surface area (Å²) in [7, 11) is 0. The van der Waals surface area contributed by atoms with Gasteiger partial charge in [-0.05, 0) is 43.7 Å². The van der Waals surface area contributed by atoms with Gasteiger partial charge in [0.25, 0.3) is 0 Å². The molecule has 3 rings (SSSR count). The lowest BCUT2D eigenvalue weighted by Crippen LogP contribution is -2.16. The molecule has 0 atom stereocenters. The first-order valence-corrected chi connectivity index (χ1v) is 5.50. The van der Waals surface area contributed by atoms with E-state index < -0.39 is 0 Å². The van der Waals surface area contributed by atoms with Gasteiger partial charge in [0.05, 0.1) is 5.54 Å². The van der Waals surface area contributed by atoms with Crippen molar-refractivity contribution in [3.8, 4) is 0 Å². The summed E-state index contributed by atoms with van der Waals surface area (Å²) in [5, 5.41) is 0. The number of rotatable bonds is 1. The minimum absolute atomic E-state index is 0.106. The zero-order valence-corrected chi connectivity index (χ0v) is 7.91. The number of fused-ring (bicyclic) bond motifs is 1. The Balaban J connectivity index is 2.03. The van der Waals surface area contributed by atoms with Crippen molar-refractivity contribution in [2.45, 2.75) is 37.6 Å². The molecule has 64 valence electrons. The monoisotopic (exact) mass is 179 g/mol. The van der Waals surface area contributed by atoms with Crippen molar-refractivity contribution in [2.75, 3.05) is 0 Å². The Morgan fingerprint density at radius 1 is 1.33 bits per heavy atom. The highest BCUT2D eigenvalue weighted by molar-refractivity contribution is 7.12. The lowest BCUT2D eigenvalue weighted by atomic mass is 10.2. The Labute approximate surface area is 76.6 Å². The van der Waals surface area contributed by atoms with Crippen LogP contribution in [0.4, 0.5) is 0 Å². The van der Waals surface area contributed by atoms with Crippen molar-refractivity contribution in [2.24, 2.45) is 5.73 Å². The van der Waals surface area contributed by atoms with Crippen LogP contribution in [0.3, 0.4) is 0 Å². The van der Waals surface area contributed by atoms with Crippen molar-refractivity contribution in [1.82, 2.24) is 0 Å². The lowest BCUT2D eigenvalue weighted by molar-refractivity contribution is 0.757. The molecule has 0 radical (unpaired) electrons. The van der Waals surface area contributed by atoms with Gasteiger partial charge in [0.1, 0.15) is 0 Å². The second kappa shape index (κ2) is 2.12. The lowest BCUT2D eigenvalue weighted by Gasteiger charge is -2.03. The van der Waals surface area contributed by atoms with Gasteiger partial charge in [-0.3, -0.25) is 0 Å². The van der Waals surface area contributed by atoms with E-state index >= 15 is 0 Å². The highest BCUT2D eigenvalue weighted by Crippen LogP contribution is 2.47. The molecular weight excluding hydrogens is 166 g/mol. The summed E-state index contributed by atoms with van der Waals surface area (Å²) in [6, 6.07) is 2.36. The molecule has 1 nitrogen and oxygen atoms in total. The first-order valence-electron chi connectivity index (χ1n) is 4.69. The second-order valence-electron chi connectivity index (χ2n) is 4.07. The van der Waals surface area contributed by atoms with Crippen LogP contribution in [0, 0.1) is 0 Å². The van der Waals surface area contributed by atoms with E-state index in [0.717, 1.165) is 0 Å². The average molecular weight is 179 g/mol. The van der Waals surface area contributed by atoms with Gasteiger partial charge in [0.15, 0.2) is 0 Å². The Hall–Kier alpha value is -0.340. The SMILES string of the molecule is NC1(c2cc3c(s2)CCC3)CC1. The summed E-state index contributed by atoms with van der Waals surface area (Å²) in [5.74, 6) is 0. The molecule has 0 aliphatic heterocycles. The van der Waals surface area contributed by atoms with Crippen LogP contribution in [0.25, 0.3) is 0 Å². The quantitative estimate of drug-likeness (QED) is 0.702. The third-order valence-corrected chi connectivity index (χ3v) is 4.48. The molecule has 0 spiro atoms. The molecule has 0 saturated heterocycles. The van der Waals surface area contributed by atoms with Crippen LogP contribution in [-0.2, 0) is 18.4 Å². The molecule has 2 aliphatic rings. The van der Waals surface area contributed by atoms with E-state index in [-0.39, 0.29) is 5.54 Å². The number of nitrogens with two attached hydrogens (primary N) is 1. The van der Waals surface area contributed by atoms with Crippen molar-refractivity contribution in [1.29, 1.82) is 0 Å². The fraction of sp³-hybridized carbons (Fsp3) is 0.600. The molecule has 2 N–H and O–H groups in total. The molecule has 1 fully saturated rings. The van der Waals surface area contributed by atoms with Crippen molar-refractivity contribution >= 4 is 11.3 Å².